The van der Waals surface area contributed by atoms with E-state index in [-0.39, 0.29) is 5.69 Å². The number of methoxy groups -OCH3 is 1. The van der Waals surface area contributed by atoms with E-state index in [4.69, 9.17) is 9.47 Å². The Morgan fingerprint density at radius 3 is 2.92 bits per heavy atom. The maximum absolute atomic E-state index is 12.0. The molecule has 0 aliphatic carbocycles. The lowest BCUT2D eigenvalue weighted by Gasteiger charge is -2.11. The minimum Gasteiger partial charge on any atom is -0.495 e. The number of nitrogens with one attached hydrogen (secondary N) is 2. The second kappa shape index (κ2) is 8.84. The van der Waals surface area contributed by atoms with Gasteiger partial charge in [-0.15, -0.1) is 17.9 Å². The van der Waals surface area contributed by atoms with Crippen molar-refractivity contribution in [1.82, 2.24) is 4.98 Å². The van der Waals surface area contributed by atoms with Gasteiger partial charge in [0.1, 0.15) is 5.75 Å². The van der Waals surface area contributed by atoms with Crippen LogP contribution in [-0.2, 0) is 9.53 Å². The fraction of sp³-hybridized carbons (Fsp3) is 0.235. The Morgan fingerprint density at radius 2 is 2.20 bits per heavy atom. The van der Waals surface area contributed by atoms with E-state index in [0.29, 0.717) is 23.1 Å². The third-order valence-electron chi connectivity index (χ3n) is 3.07. The topological polar surface area (TPSA) is 89.5 Å². The zero-order valence-electron chi connectivity index (χ0n) is 14.0. The van der Waals surface area contributed by atoms with Crippen LogP contribution in [0.25, 0.3) is 0 Å². The van der Waals surface area contributed by atoms with Crippen molar-refractivity contribution in [2.75, 3.05) is 30.9 Å². The van der Waals surface area contributed by atoms with E-state index < -0.39 is 18.5 Å². The van der Waals surface area contributed by atoms with Crippen molar-refractivity contribution < 1.29 is 19.1 Å². The number of aryl methyl sites for hydroxylation is 1. The quantitative estimate of drug-likeness (QED) is 0.555. The van der Waals surface area contributed by atoms with Crippen molar-refractivity contribution in [2.24, 2.45) is 0 Å². The van der Waals surface area contributed by atoms with Gasteiger partial charge in [-0.05, 0) is 24.6 Å². The molecule has 0 spiro atoms. The zero-order chi connectivity index (χ0) is 18.2. The number of esters is 1. The van der Waals surface area contributed by atoms with Crippen LogP contribution in [0.5, 0.6) is 5.75 Å². The molecule has 0 radical (unpaired) electrons. The second-order valence-corrected chi connectivity index (χ2v) is 5.89. The van der Waals surface area contributed by atoms with E-state index in [2.05, 4.69) is 22.2 Å². The largest absolute Gasteiger partial charge is 0.495 e. The average molecular weight is 361 g/mol. The van der Waals surface area contributed by atoms with Crippen LogP contribution >= 0.6 is 11.3 Å². The van der Waals surface area contributed by atoms with E-state index in [1.165, 1.54) is 18.4 Å². The molecule has 1 amide bonds. The Balaban J connectivity index is 1.89. The number of aromatic nitrogens is 1. The van der Waals surface area contributed by atoms with Gasteiger partial charge in [-0.25, -0.2) is 9.78 Å². The molecule has 0 bridgehead atoms. The first-order chi connectivity index (χ1) is 12.0. The molecule has 0 unspecified atom stereocenters. The van der Waals surface area contributed by atoms with Crippen LogP contribution in [-0.4, -0.2) is 37.1 Å². The number of ether oxygens (including phenoxy) is 2. The molecule has 0 fully saturated rings. The lowest BCUT2D eigenvalue weighted by Crippen LogP contribution is -2.21. The highest BCUT2D eigenvalue weighted by molar-refractivity contribution is 7.13. The summed E-state index contributed by atoms with van der Waals surface area (Å²) in [6.07, 6.45) is 1.68. The number of thiazole rings is 1. The number of carbonyl (C=O) groups excluding carboxylic acids is 2. The minimum absolute atomic E-state index is 0.150. The van der Waals surface area contributed by atoms with E-state index in [9.17, 15) is 9.59 Å². The van der Waals surface area contributed by atoms with Gasteiger partial charge in [0.25, 0.3) is 5.91 Å². The molecule has 0 aliphatic heterocycles. The fourth-order valence-electron chi connectivity index (χ4n) is 1.92. The molecular weight excluding hydrogens is 342 g/mol. The Kier molecular flexibility index (Phi) is 6.53. The molecule has 2 rings (SSSR count). The maximum atomic E-state index is 12.0. The van der Waals surface area contributed by atoms with Gasteiger partial charge in [-0.1, -0.05) is 12.1 Å². The van der Waals surface area contributed by atoms with E-state index in [0.717, 1.165) is 5.56 Å². The number of benzene rings is 1. The van der Waals surface area contributed by atoms with Crippen molar-refractivity contribution in [2.45, 2.75) is 6.92 Å². The lowest BCUT2D eigenvalue weighted by molar-refractivity contribution is -0.119. The minimum atomic E-state index is -0.658. The molecule has 2 aromatic rings. The molecular formula is C17H19N3O4S. The molecule has 1 heterocycles. The number of amides is 1. The molecule has 0 atom stereocenters. The third kappa shape index (κ3) is 5.32. The summed E-state index contributed by atoms with van der Waals surface area (Å²) in [6.45, 7) is 5.62. The van der Waals surface area contributed by atoms with Crippen LogP contribution < -0.4 is 15.4 Å². The van der Waals surface area contributed by atoms with Crippen molar-refractivity contribution in [3.05, 3.63) is 47.5 Å². The summed E-state index contributed by atoms with van der Waals surface area (Å²) in [7, 11) is 1.51. The van der Waals surface area contributed by atoms with Crippen molar-refractivity contribution in [3.8, 4) is 5.75 Å². The highest BCUT2D eigenvalue weighted by Crippen LogP contribution is 2.25. The van der Waals surface area contributed by atoms with E-state index >= 15 is 0 Å². The molecule has 0 saturated carbocycles. The molecule has 1 aromatic carbocycles. The maximum Gasteiger partial charge on any atom is 0.358 e. The van der Waals surface area contributed by atoms with Crippen molar-refractivity contribution >= 4 is 34.0 Å². The third-order valence-corrected chi connectivity index (χ3v) is 3.87. The first-order valence-corrected chi connectivity index (χ1v) is 8.33. The van der Waals surface area contributed by atoms with Gasteiger partial charge in [0.15, 0.2) is 17.4 Å². The summed E-state index contributed by atoms with van der Waals surface area (Å²) in [6, 6.07) is 5.40. The van der Waals surface area contributed by atoms with E-state index in [1.807, 2.05) is 13.0 Å². The van der Waals surface area contributed by atoms with Gasteiger partial charge >= 0.3 is 5.97 Å². The molecule has 132 valence electrons. The summed E-state index contributed by atoms with van der Waals surface area (Å²) in [5.74, 6) is -0.588. The number of hydrogen-bond acceptors (Lipinski definition) is 7. The molecule has 2 N–H and O–H groups in total. The SMILES string of the molecule is C=CCNc1nc(C(=O)OCC(=O)Nc2cc(C)ccc2OC)cs1. The van der Waals surface area contributed by atoms with Gasteiger partial charge in [-0.3, -0.25) is 4.79 Å². The smallest absolute Gasteiger partial charge is 0.358 e. The summed E-state index contributed by atoms with van der Waals surface area (Å²) in [4.78, 5) is 28.0. The number of nitrogens with zero attached hydrogens (tertiary/aromatic N) is 1. The van der Waals surface area contributed by atoms with Crippen LogP contribution in [0.3, 0.4) is 0 Å². The molecule has 25 heavy (non-hydrogen) atoms. The molecule has 8 heteroatoms. The van der Waals surface area contributed by atoms with Crippen LogP contribution in [0, 0.1) is 6.92 Å². The van der Waals surface area contributed by atoms with Crippen molar-refractivity contribution in [3.63, 3.8) is 0 Å². The van der Waals surface area contributed by atoms with Gasteiger partial charge in [0, 0.05) is 11.9 Å². The molecule has 1 aromatic heterocycles. The summed E-state index contributed by atoms with van der Waals surface area (Å²) in [5.41, 5.74) is 1.64. The molecule has 7 nitrogen and oxygen atoms in total. The standard InChI is InChI=1S/C17H19N3O4S/c1-4-7-18-17-20-13(10-25-17)16(22)24-9-15(21)19-12-8-11(2)5-6-14(12)23-3/h4-6,8,10H,1,7,9H2,2-3H3,(H,18,20)(H,19,21). The number of rotatable bonds is 8. The van der Waals surface area contributed by atoms with Crippen LogP contribution in [0.4, 0.5) is 10.8 Å². The summed E-state index contributed by atoms with van der Waals surface area (Å²) >= 11 is 1.27. The average Bonchev–Trinajstić information content (AvgIpc) is 3.07. The van der Waals surface area contributed by atoms with Gasteiger partial charge in [0.2, 0.25) is 0 Å². The number of carbonyl (C=O) groups is 2. The lowest BCUT2D eigenvalue weighted by atomic mass is 10.2. The fourth-order valence-corrected chi connectivity index (χ4v) is 2.61. The van der Waals surface area contributed by atoms with Gasteiger partial charge < -0.3 is 20.1 Å². The zero-order valence-corrected chi connectivity index (χ0v) is 14.8. The van der Waals surface area contributed by atoms with Gasteiger partial charge in [-0.2, -0.15) is 0 Å². The van der Waals surface area contributed by atoms with E-state index in [1.54, 1.807) is 23.6 Å². The van der Waals surface area contributed by atoms with Crippen LogP contribution in [0.1, 0.15) is 16.1 Å². The predicted molar refractivity (Wildman–Crippen MR) is 97.4 cm³/mol. The number of hydrogen-bond donors (Lipinski definition) is 2. The monoisotopic (exact) mass is 361 g/mol. The summed E-state index contributed by atoms with van der Waals surface area (Å²) in [5, 5.41) is 7.78. The van der Waals surface area contributed by atoms with Crippen molar-refractivity contribution in [1.29, 1.82) is 0 Å². The first kappa shape index (κ1) is 18.5. The van der Waals surface area contributed by atoms with Crippen LogP contribution in [0.2, 0.25) is 0 Å². The molecule has 0 saturated heterocycles. The normalized spacial score (nSPS) is 10.0. The Labute approximate surface area is 149 Å². The first-order valence-electron chi connectivity index (χ1n) is 7.45. The number of anilines is 2. The predicted octanol–water partition coefficient (Wildman–Crippen LogP) is 2.85. The Bertz CT molecular complexity index is 773. The Hall–Kier alpha value is -2.87. The Morgan fingerprint density at radius 1 is 1.40 bits per heavy atom. The highest BCUT2D eigenvalue weighted by atomic mass is 32.1. The van der Waals surface area contributed by atoms with Crippen LogP contribution in [0.15, 0.2) is 36.2 Å². The highest BCUT2D eigenvalue weighted by Gasteiger charge is 2.15. The van der Waals surface area contributed by atoms with Gasteiger partial charge in [0.05, 0.1) is 12.8 Å². The molecule has 0 aliphatic rings. The second-order valence-electron chi connectivity index (χ2n) is 5.04. The summed E-state index contributed by atoms with van der Waals surface area (Å²) < 4.78 is 10.2.